The Bertz CT molecular complexity index is 358. The summed E-state index contributed by atoms with van der Waals surface area (Å²) in [4.78, 5) is 13.3. The van der Waals surface area contributed by atoms with Gasteiger partial charge in [0.05, 0.1) is 6.10 Å². The Labute approximate surface area is 101 Å². The fourth-order valence-corrected chi connectivity index (χ4v) is 1.76. The van der Waals surface area contributed by atoms with Gasteiger partial charge in [0.2, 0.25) is 0 Å². The van der Waals surface area contributed by atoms with Crippen molar-refractivity contribution in [1.82, 2.24) is 4.90 Å². The van der Waals surface area contributed by atoms with Crippen LogP contribution in [0.1, 0.15) is 18.4 Å². The summed E-state index contributed by atoms with van der Waals surface area (Å²) in [7, 11) is 0. The van der Waals surface area contributed by atoms with Gasteiger partial charge in [-0.1, -0.05) is 30.3 Å². The maximum atomic E-state index is 11.7. The van der Waals surface area contributed by atoms with E-state index in [9.17, 15) is 9.90 Å². The first kappa shape index (κ1) is 11.9. The molecule has 0 aromatic heterocycles. The number of amides is 1. The molecule has 1 aromatic rings. The number of rotatable bonds is 2. The molecule has 1 aliphatic rings. The van der Waals surface area contributed by atoms with Gasteiger partial charge in [0.25, 0.3) is 0 Å². The van der Waals surface area contributed by atoms with Crippen molar-refractivity contribution in [1.29, 1.82) is 0 Å². The zero-order chi connectivity index (χ0) is 12.1. The van der Waals surface area contributed by atoms with Gasteiger partial charge in [0.15, 0.2) is 0 Å². The number of ether oxygens (including phenoxy) is 1. The fraction of sp³-hybridized carbons (Fsp3) is 0.385. The second-order valence-electron chi connectivity index (χ2n) is 4.09. The van der Waals surface area contributed by atoms with Crippen LogP contribution in [0.3, 0.4) is 0 Å². The van der Waals surface area contributed by atoms with Crippen molar-refractivity contribution in [2.24, 2.45) is 0 Å². The molecule has 4 heteroatoms. The summed E-state index contributed by atoms with van der Waals surface area (Å²) < 4.78 is 5.20. The van der Waals surface area contributed by atoms with Crippen molar-refractivity contribution in [2.45, 2.75) is 19.4 Å². The van der Waals surface area contributed by atoms with E-state index in [-0.39, 0.29) is 6.09 Å². The van der Waals surface area contributed by atoms with E-state index in [4.69, 9.17) is 4.74 Å². The minimum Gasteiger partial charge on any atom is -0.445 e. The van der Waals surface area contributed by atoms with Crippen molar-refractivity contribution in [2.75, 3.05) is 13.1 Å². The quantitative estimate of drug-likeness (QED) is 0.854. The van der Waals surface area contributed by atoms with Crippen molar-refractivity contribution in [3.63, 3.8) is 0 Å². The van der Waals surface area contributed by atoms with Gasteiger partial charge in [0, 0.05) is 13.1 Å². The van der Waals surface area contributed by atoms with Crippen LogP contribution in [0.25, 0.3) is 0 Å². The van der Waals surface area contributed by atoms with Gasteiger partial charge in [-0.25, -0.2) is 4.79 Å². The minimum atomic E-state index is -0.304. The predicted octanol–water partition coefficient (Wildman–Crippen LogP) is 2.32. The Kier molecular flexibility index (Phi) is 3.98. The van der Waals surface area contributed by atoms with E-state index in [1.165, 1.54) is 0 Å². The highest BCUT2D eigenvalue weighted by Gasteiger charge is 2.22. The van der Waals surface area contributed by atoms with Crippen LogP contribution in [0.15, 0.2) is 30.3 Å². The van der Waals surface area contributed by atoms with Crippen LogP contribution in [-0.2, 0) is 11.3 Å². The van der Waals surface area contributed by atoms with Gasteiger partial charge < -0.3 is 14.7 Å². The SMILES string of the molecule is O=C(OCc1ccccc1)N1CC[C](O)CC1. The van der Waals surface area contributed by atoms with E-state index in [0.717, 1.165) is 5.56 Å². The Hall–Kier alpha value is -1.55. The van der Waals surface area contributed by atoms with E-state index in [0.29, 0.717) is 38.6 Å². The first-order valence-electron chi connectivity index (χ1n) is 5.75. The number of hydrogen-bond acceptors (Lipinski definition) is 3. The van der Waals surface area contributed by atoms with Gasteiger partial charge in [-0.15, -0.1) is 0 Å². The molecule has 1 radical (unpaired) electrons. The molecule has 2 rings (SSSR count). The third kappa shape index (κ3) is 3.46. The normalized spacial score (nSPS) is 16.9. The van der Waals surface area contributed by atoms with E-state index in [1.54, 1.807) is 4.90 Å². The van der Waals surface area contributed by atoms with Gasteiger partial charge in [0.1, 0.15) is 6.61 Å². The van der Waals surface area contributed by atoms with Crippen molar-refractivity contribution in [3.8, 4) is 0 Å². The summed E-state index contributed by atoms with van der Waals surface area (Å²) in [5.41, 5.74) is 0.979. The number of hydrogen-bond donors (Lipinski definition) is 1. The lowest BCUT2D eigenvalue weighted by molar-refractivity contribution is 0.0813. The first-order valence-corrected chi connectivity index (χ1v) is 5.75. The number of piperidine rings is 1. The first-order chi connectivity index (χ1) is 8.25. The third-order valence-corrected chi connectivity index (χ3v) is 2.80. The topological polar surface area (TPSA) is 49.8 Å². The molecule has 1 saturated heterocycles. The third-order valence-electron chi connectivity index (χ3n) is 2.80. The lowest BCUT2D eigenvalue weighted by atomic mass is 10.1. The minimum absolute atomic E-state index is 0.297. The van der Waals surface area contributed by atoms with Gasteiger partial charge >= 0.3 is 6.09 Å². The average Bonchev–Trinajstić information content (AvgIpc) is 2.38. The van der Waals surface area contributed by atoms with Gasteiger partial charge in [-0.3, -0.25) is 0 Å². The molecular weight excluding hydrogens is 218 g/mol. The molecular formula is C13H16NO3. The highest BCUT2D eigenvalue weighted by atomic mass is 16.6. The smallest absolute Gasteiger partial charge is 0.410 e. The number of benzene rings is 1. The zero-order valence-corrected chi connectivity index (χ0v) is 9.63. The summed E-state index contributed by atoms with van der Waals surface area (Å²) in [6.45, 7) is 1.38. The predicted molar refractivity (Wildman–Crippen MR) is 62.6 cm³/mol. The van der Waals surface area contributed by atoms with E-state index >= 15 is 0 Å². The van der Waals surface area contributed by atoms with Crippen LogP contribution in [0.5, 0.6) is 0 Å². The standard InChI is InChI=1S/C13H16NO3/c15-12-6-8-14(9-7-12)13(16)17-10-11-4-2-1-3-5-11/h1-5,15H,6-10H2. The lowest BCUT2D eigenvalue weighted by Gasteiger charge is -2.28. The molecule has 0 aliphatic carbocycles. The molecule has 1 fully saturated rings. The molecule has 0 unspecified atom stereocenters. The number of carbonyl (C=O) groups is 1. The van der Waals surface area contributed by atoms with Crippen LogP contribution in [0.4, 0.5) is 4.79 Å². The maximum Gasteiger partial charge on any atom is 0.410 e. The zero-order valence-electron chi connectivity index (χ0n) is 9.63. The van der Waals surface area contributed by atoms with Crippen LogP contribution in [-0.4, -0.2) is 29.2 Å². The van der Waals surface area contributed by atoms with Crippen LogP contribution < -0.4 is 0 Å². The molecule has 1 aromatic carbocycles. The molecule has 1 aliphatic heterocycles. The van der Waals surface area contributed by atoms with Crippen LogP contribution in [0.2, 0.25) is 0 Å². The lowest BCUT2D eigenvalue weighted by Crippen LogP contribution is -2.38. The van der Waals surface area contributed by atoms with Crippen LogP contribution in [0, 0.1) is 6.10 Å². The Balaban J connectivity index is 1.78. The van der Waals surface area contributed by atoms with Gasteiger partial charge in [-0.05, 0) is 18.4 Å². The van der Waals surface area contributed by atoms with Crippen molar-refractivity contribution >= 4 is 6.09 Å². The number of likely N-dealkylation sites (tertiary alicyclic amines) is 1. The highest BCUT2D eigenvalue weighted by molar-refractivity contribution is 5.67. The monoisotopic (exact) mass is 234 g/mol. The van der Waals surface area contributed by atoms with E-state index < -0.39 is 0 Å². The molecule has 0 atom stereocenters. The molecule has 4 nitrogen and oxygen atoms in total. The number of aliphatic hydroxyl groups excluding tert-OH is 1. The van der Waals surface area contributed by atoms with Crippen LogP contribution >= 0.6 is 0 Å². The summed E-state index contributed by atoms with van der Waals surface area (Å²) in [5, 5.41) is 9.25. The number of aliphatic hydroxyl groups is 1. The van der Waals surface area contributed by atoms with Crippen molar-refractivity contribution in [3.05, 3.63) is 42.0 Å². The molecule has 0 spiro atoms. The van der Waals surface area contributed by atoms with Crippen molar-refractivity contribution < 1.29 is 14.6 Å². The van der Waals surface area contributed by atoms with E-state index in [1.807, 2.05) is 30.3 Å². The Morgan fingerprint density at radius 3 is 2.53 bits per heavy atom. The molecule has 0 saturated carbocycles. The molecule has 0 bridgehead atoms. The Morgan fingerprint density at radius 2 is 1.88 bits per heavy atom. The summed E-state index contributed by atoms with van der Waals surface area (Å²) in [6, 6.07) is 9.59. The fourth-order valence-electron chi connectivity index (χ4n) is 1.76. The largest absolute Gasteiger partial charge is 0.445 e. The average molecular weight is 234 g/mol. The maximum absolute atomic E-state index is 11.7. The molecule has 17 heavy (non-hydrogen) atoms. The van der Waals surface area contributed by atoms with Gasteiger partial charge in [-0.2, -0.15) is 0 Å². The number of carbonyl (C=O) groups excluding carboxylic acids is 1. The summed E-state index contributed by atoms with van der Waals surface area (Å²) >= 11 is 0. The van der Waals surface area contributed by atoms with E-state index in [2.05, 4.69) is 0 Å². The molecule has 1 N–H and O–H groups in total. The second kappa shape index (κ2) is 5.68. The number of nitrogens with zero attached hydrogens (tertiary/aromatic N) is 1. The molecule has 1 amide bonds. The summed E-state index contributed by atoms with van der Waals surface area (Å²) in [5.74, 6) is 0. The summed E-state index contributed by atoms with van der Waals surface area (Å²) in [6.07, 6.45) is 1.28. The highest BCUT2D eigenvalue weighted by Crippen LogP contribution is 2.16. The molecule has 91 valence electrons. The Morgan fingerprint density at radius 1 is 1.24 bits per heavy atom. The molecule has 1 heterocycles. The second-order valence-corrected chi connectivity index (χ2v) is 4.09.